The minimum Gasteiger partial charge on any atom is -0.491 e. The van der Waals surface area contributed by atoms with Crippen LogP contribution in [0.1, 0.15) is 49.7 Å². The summed E-state index contributed by atoms with van der Waals surface area (Å²) in [5.74, 6) is 1.75. The van der Waals surface area contributed by atoms with Crippen molar-refractivity contribution in [3.63, 3.8) is 0 Å². The zero-order valence-corrected chi connectivity index (χ0v) is 20.4. The average molecular weight is 530 g/mol. The third-order valence-electron chi connectivity index (χ3n) is 5.16. The van der Waals surface area contributed by atoms with Gasteiger partial charge < -0.3 is 25.4 Å². The van der Waals surface area contributed by atoms with Crippen molar-refractivity contribution < 1.29 is 14.3 Å². The summed E-state index contributed by atoms with van der Waals surface area (Å²) in [5.41, 5.74) is 2.25. The van der Waals surface area contributed by atoms with Crippen LogP contribution in [0.15, 0.2) is 23.2 Å². The Balaban J connectivity index is 0.00000320. The van der Waals surface area contributed by atoms with Gasteiger partial charge in [-0.15, -0.1) is 24.0 Å². The molecular weight excluding hydrogens is 495 g/mol. The predicted molar refractivity (Wildman–Crippen MR) is 130 cm³/mol. The van der Waals surface area contributed by atoms with Gasteiger partial charge in [0.25, 0.3) is 0 Å². The van der Waals surface area contributed by atoms with Gasteiger partial charge in [0, 0.05) is 44.8 Å². The van der Waals surface area contributed by atoms with E-state index in [4.69, 9.17) is 9.47 Å². The summed E-state index contributed by atoms with van der Waals surface area (Å²) in [5, 5.41) is 9.61. The first-order valence-corrected chi connectivity index (χ1v) is 10.7. The Bertz CT molecular complexity index is 704. The fraction of sp³-hybridized carbons (Fsp3) is 0.636. The lowest BCUT2D eigenvalue weighted by Gasteiger charge is -2.17. The molecule has 0 spiro atoms. The number of ether oxygens (including phenoxy) is 2. The van der Waals surface area contributed by atoms with E-state index in [2.05, 4.69) is 46.1 Å². The van der Waals surface area contributed by atoms with Crippen LogP contribution in [0.5, 0.6) is 5.75 Å². The van der Waals surface area contributed by atoms with E-state index >= 15 is 0 Å². The predicted octanol–water partition coefficient (Wildman–Crippen LogP) is 2.89. The Morgan fingerprint density at radius 3 is 2.80 bits per heavy atom. The molecule has 1 unspecified atom stereocenters. The summed E-state index contributed by atoms with van der Waals surface area (Å²) in [4.78, 5) is 16.0. The molecule has 30 heavy (non-hydrogen) atoms. The van der Waals surface area contributed by atoms with Crippen LogP contribution in [0.25, 0.3) is 0 Å². The Morgan fingerprint density at radius 2 is 2.10 bits per heavy atom. The highest BCUT2D eigenvalue weighted by atomic mass is 127. The highest BCUT2D eigenvalue weighted by Gasteiger charge is 2.22. The molecule has 0 radical (unpaired) electrons. The highest BCUT2D eigenvalue weighted by molar-refractivity contribution is 14.0. The van der Waals surface area contributed by atoms with E-state index in [1.807, 2.05) is 0 Å². The fourth-order valence-electron chi connectivity index (χ4n) is 3.28. The SMILES string of the molecule is CN=C(NCCCC(=O)NC1CC1)NCc1ccc(C)cc1OCC1CCCO1.I. The molecule has 1 aliphatic heterocycles. The molecule has 2 fully saturated rings. The van der Waals surface area contributed by atoms with Gasteiger partial charge in [-0.25, -0.2) is 0 Å². The number of carbonyl (C=O) groups excluding carboxylic acids is 1. The van der Waals surface area contributed by atoms with Gasteiger partial charge in [-0.2, -0.15) is 0 Å². The smallest absolute Gasteiger partial charge is 0.220 e. The lowest BCUT2D eigenvalue weighted by molar-refractivity contribution is -0.121. The van der Waals surface area contributed by atoms with E-state index in [-0.39, 0.29) is 36.0 Å². The molecule has 1 heterocycles. The Hall–Kier alpha value is -1.55. The van der Waals surface area contributed by atoms with Gasteiger partial charge in [-0.05, 0) is 50.7 Å². The maximum absolute atomic E-state index is 11.7. The van der Waals surface area contributed by atoms with E-state index in [0.29, 0.717) is 32.2 Å². The molecular formula is C22H35IN4O3. The normalized spacial score (nSPS) is 18.5. The van der Waals surface area contributed by atoms with Crippen molar-refractivity contribution in [1.82, 2.24) is 16.0 Å². The number of halogens is 1. The second-order valence-corrected chi connectivity index (χ2v) is 7.86. The fourth-order valence-corrected chi connectivity index (χ4v) is 3.28. The van der Waals surface area contributed by atoms with E-state index in [1.54, 1.807) is 7.05 Å². The number of hydrogen-bond donors (Lipinski definition) is 3. The second kappa shape index (κ2) is 13.0. The monoisotopic (exact) mass is 530 g/mol. The van der Waals surface area contributed by atoms with Crippen molar-refractivity contribution in [1.29, 1.82) is 0 Å². The number of hydrogen-bond acceptors (Lipinski definition) is 4. The highest BCUT2D eigenvalue weighted by Crippen LogP contribution is 2.22. The van der Waals surface area contributed by atoms with E-state index in [0.717, 1.165) is 56.0 Å². The maximum Gasteiger partial charge on any atom is 0.220 e. The zero-order valence-electron chi connectivity index (χ0n) is 18.0. The van der Waals surface area contributed by atoms with E-state index < -0.39 is 0 Å². The third-order valence-corrected chi connectivity index (χ3v) is 5.16. The molecule has 1 atom stereocenters. The molecule has 8 heteroatoms. The lowest BCUT2D eigenvalue weighted by Crippen LogP contribution is -2.37. The quantitative estimate of drug-likeness (QED) is 0.188. The summed E-state index contributed by atoms with van der Waals surface area (Å²) >= 11 is 0. The number of rotatable bonds is 10. The lowest BCUT2D eigenvalue weighted by atomic mass is 10.1. The Labute approximate surface area is 196 Å². The van der Waals surface area contributed by atoms with Crippen LogP contribution in [-0.2, 0) is 16.1 Å². The molecule has 7 nitrogen and oxygen atoms in total. The molecule has 3 rings (SSSR count). The first-order chi connectivity index (χ1) is 14.1. The standard InChI is InChI=1S/C22H34N4O3.HI/c1-16-7-8-17(20(13-16)29-15-19-5-4-12-28-19)14-25-22(23-2)24-11-3-6-21(27)26-18-9-10-18;/h7-8,13,18-19H,3-6,9-12,14-15H2,1-2H3,(H,26,27)(H2,23,24,25);1H. The van der Waals surface area contributed by atoms with Crippen molar-refractivity contribution in [2.45, 2.75) is 64.1 Å². The number of amides is 1. The van der Waals surface area contributed by atoms with Crippen molar-refractivity contribution >= 4 is 35.8 Å². The van der Waals surface area contributed by atoms with Gasteiger partial charge in [0.1, 0.15) is 12.4 Å². The summed E-state index contributed by atoms with van der Waals surface area (Å²) in [6, 6.07) is 6.67. The Morgan fingerprint density at radius 1 is 1.27 bits per heavy atom. The number of guanidine groups is 1. The summed E-state index contributed by atoms with van der Waals surface area (Å²) in [6.45, 7) is 4.81. The summed E-state index contributed by atoms with van der Waals surface area (Å²) < 4.78 is 11.7. The molecule has 1 aromatic carbocycles. The molecule has 1 saturated carbocycles. The number of benzene rings is 1. The van der Waals surface area contributed by atoms with Gasteiger partial charge in [0.15, 0.2) is 5.96 Å². The van der Waals surface area contributed by atoms with Crippen molar-refractivity contribution in [2.75, 3.05) is 26.8 Å². The van der Waals surface area contributed by atoms with Crippen LogP contribution in [-0.4, -0.2) is 50.8 Å². The number of aliphatic imine (C=N–C) groups is 1. The van der Waals surface area contributed by atoms with Crippen molar-refractivity contribution in [2.24, 2.45) is 4.99 Å². The van der Waals surface area contributed by atoms with Gasteiger partial charge in [0.2, 0.25) is 5.91 Å². The maximum atomic E-state index is 11.7. The van der Waals surface area contributed by atoms with Crippen molar-refractivity contribution in [3.05, 3.63) is 29.3 Å². The number of nitrogens with zero attached hydrogens (tertiary/aromatic N) is 1. The molecule has 1 amide bonds. The molecule has 1 saturated heterocycles. The number of nitrogens with one attached hydrogen (secondary N) is 3. The average Bonchev–Trinajstić information content (AvgIpc) is 3.37. The van der Waals surface area contributed by atoms with Crippen LogP contribution >= 0.6 is 24.0 Å². The first kappa shape index (κ1) is 24.7. The molecule has 1 aromatic rings. The Kier molecular flexibility index (Phi) is 10.7. The second-order valence-electron chi connectivity index (χ2n) is 7.86. The summed E-state index contributed by atoms with van der Waals surface area (Å²) in [7, 11) is 1.75. The third kappa shape index (κ3) is 8.67. The van der Waals surface area contributed by atoms with Crippen LogP contribution in [0.4, 0.5) is 0 Å². The van der Waals surface area contributed by atoms with Gasteiger partial charge >= 0.3 is 0 Å². The molecule has 3 N–H and O–H groups in total. The molecule has 0 bridgehead atoms. The number of aryl methyl sites for hydroxylation is 1. The van der Waals surface area contributed by atoms with Gasteiger partial charge in [-0.3, -0.25) is 9.79 Å². The van der Waals surface area contributed by atoms with E-state index in [1.165, 1.54) is 5.56 Å². The van der Waals surface area contributed by atoms with Crippen LogP contribution in [0.3, 0.4) is 0 Å². The van der Waals surface area contributed by atoms with Crippen LogP contribution < -0.4 is 20.7 Å². The molecule has 168 valence electrons. The molecule has 1 aliphatic carbocycles. The number of carbonyl (C=O) groups is 1. The van der Waals surface area contributed by atoms with E-state index in [9.17, 15) is 4.79 Å². The zero-order chi connectivity index (χ0) is 20.5. The topological polar surface area (TPSA) is 84.0 Å². The minimum absolute atomic E-state index is 0. The minimum atomic E-state index is 0. The largest absolute Gasteiger partial charge is 0.491 e. The summed E-state index contributed by atoms with van der Waals surface area (Å²) in [6.07, 6.45) is 5.94. The first-order valence-electron chi connectivity index (χ1n) is 10.7. The molecule has 2 aliphatic rings. The molecule has 0 aromatic heterocycles. The van der Waals surface area contributed by atoms with Crippen LogP contribution in [0, 0.1) is 6.92 Å². The van der Waals surface area contributed by atoms with Crippen LogP contribution in [0.2, 0.25) is 0 Å². The van der Waals surface area contributed by atoms with Crippen molar-refractivity contribution in [3.8, 4) is 5.75 Å². The van der Waals surface area contributed by atoms with Gasteiger partial charge in [0.05, 0.1) is 6.10 Å². The van der Waals surface area contributed by atoms with Gasteiger partial charge in [-0.1, -0.05) is 12.1 Å².